The summed E-state index contributed by atoms with van der Waals surface area (Å²) < 4.78 is 10.5. The van der Waals surface area contributed by atoms with Crippen LogP contribution < -0.4 is 14.8 Å². The monoisotopic (exact) mass is 397 g/mol. The van der Waals surface area contributed by atoms with Gasteiger partial charge in [-0.25, -0.2) is 4.98 Å². The summed E-state index contributed by atoms with van der Waals surface area (Å²) in [6.07, 6.45) is 0.763. The lowest BCUT2D eigenvalue weighted by Crippen LogP contribution is -2.14. The number of thioether (sulfide) groups is 1. The lowest BCUT2D eigenvalue weighted by atomic mass is 10.1. The number of ether oxygens (including phenoxy) is 2. The Hall–Kier alpha value is -2.93. The Kier molecular flexibility index (Phi) is 6.60. The topological polar surface area (TPSA) is 76.2 Å². The first kappa shape index (κ1) is 19.8. The van der Waals surface area contributed by atoms with Gasteiger partial charge in [-0.15, -0.1) is 0 Å². The highest BCUT2D eigenvalue weighted by Gasteiger charge is 2.12. The molecule has 0 atom stereocenters. The standard InChI is InChI=1S/C21H23N3O3S/c1-14-18(11-15-7-5-4-6-8-15)24-21(22-14)28-13-20(25)23-17-10-9-16(26-2)12-19(17)27-3/h4-10,12H,11,13H2,1-3H3,(H,22,24)(H,23,25). The number of hydrogen-bond donors (Lipinski definition) is 2. The van der Waals surface area contributed by atoms with Crippen molar-refractivity contribution in [3.8, 4) is 11.5 Å². The fraction of sp³-hybridized carbons (Fsp3) is 0.238. The van der Waals surface area contributed by atoms with Crippen molar-refractivity contribution in [3.63, 3.8) is 0 Å². The summed E-state index contributed by atoms with van der Waals surface area (Å²) >= 11 is 1.37. The van der Waals surface area contributed by atoms with Gasteiger partial charge in [-0.05, 0) is 24.6 Å². The molecule has 0 unspecified atom stereocenters. The van der Waals surface area contributed by atoms with Crippen LogP contribution in [0.2, 0.25) is 0 Å². The van der Waals surface area contributed by atoms with E-state index in [-0.39, 0.29) is 11.7 Å². The van der Waals surface area contributed by atoms with Crippen LogP contribution in [0.4, 0.5) is 5.69 Å². The van der Waals surface area contributed by atoms with Crippen molar-refractivity contribution in [1.29, 1.82) is 0 Å². The molecule has 0 aliphatic heterocycles. The van der Waals surface area contributed by atoms with E-state index in [4.69, 9.17) is 9.47 Å². The summed E-state index contributed by atoms with van der Waals surface area (Å²) in [5, 5.41) is 3.60. The van der Waals surface area contributed by atoms with Crippen LogP contribution in [-0.4, -0.2) is 35.8 Å². The van der Waals surface area contributed by atoms with Gasteiger partial charge in [-0.3, -0.25) is 4.79 Å². The molecule has 0 aliphatic rings. The third-order valence-corrected chi connectivity index (χ3v) is 5.07. The molecule has 1 amide bonds. The van der Waals surface area contributed by atoms with Crippen LogP contribution in [0.5, 0.6) is 11.5 Å². The molecule has 1 heterocycles. The SMILES string of the molecule is COc1ccc(NC(=O)CSc2nc(Cc3ccccc3)c(C)[nH]2)c(OC)c1. The van der Waals surface area contributed by atoms with Gasteiger partial charge < -0.3 is 19.8 Å². The number of hydrogen-bond acceptors (Lipinski definition) is 5. The summed E-state index contributed by atoms with van der Waals surface area (Å²) in [4.78, 5) is 20.2. The molecule has 28 heavy (non-hydrogen) atoms. The summed E-state index contributed by atoms with van der Waals surface area (Å²) in [6, 6.07) is 15.5. The molecule has 1 aromatic heterocycles. The number of aromatic nitrogens is 2. The molecule has 2 N–H and O–H groups in total. The van der Waals surface area contributed by atoms with E-state index in [1.807, 2.05) is 25.1 Å². The van der Waals surface area contributed by atoms with E-state index in [0.717, 1.165) is 23.0 Å². The predicted octanol–water partition coefficient (Wildman–Crippen LogP) is 4.06. The van der Waals surface area contributed by atoms with E-state index in [1.165, 1.54) is 17.3 Å². The summed E-state index contributed by atoms with van der Waals surface area (Å²) in [6.45, 7) is 2.00. The van der Waals surface area contributed by atoms with Crippen LogP contribution >= 0.6 is 11.8 Å². The van der Waals surface area contributed by atoms with Crippen molar-refractivity contribution in [2.24, 2.45) is 0 Å². The second-order valence-corrected chi connectivity index (χ2v) is 7.14. The second kappa shape index (κ2) is 9.32. The molecule has 6 nitrogen and oxygen atoms in total. The summed E-state index contributed by atoms with van der Waals surface area (Å²) in [7, 11) is 3.14. The van der Waals surface area contributed by atoms with Gasteiger partial charge in [0.15, 0.2) is 5.16 Å². The lowest BCUT2D eigenvalue weighted by Gasteiger charge is -2.11. The quantitative estimate of drug-likeness (QED) is 0.561. The highest BCUT2D eigenvalue weighted by atomic mass is 32.2. The zero-order valence-electron chi connectivity index (χ0n) is 16.1. The van der Waals surface area contributed by atoms with E-state index in [1.54, 1.807) is 32.4 Å². The normalized spacial score (nSPS) is 10.5. The maximum atomic E-state index is 12.3. The highest BCUT2D eigenvalue weighted by molar-refractivity contribution is 7.99. The van der Waals surface area contributed by atoms with Gasteiger partial charge >= 0.3 is 0 Å². The Labute approximate surface area is 168 Å². The highest BCUT2D eigenvalue weighted by Crippen LogP contribution is 2.29. The molecule has 146 valence electrons. The maximum Gasteiger partial charge on any atom is 0.234 e. The van der Waals surface area contributed by atoms with Gasteiger partial charge in [0.05, 0.1) is 31.4 Å². The first-order valence-corrected chi connectivity index (χ1v) is 9.81. The number of aromatic amines is 1. The summed E-state index contributed by atoms with van der Waals surface area (Å²) in [5.74, 6) is 1.33. The molecule has 0 radical (unpaired) electrons. The molecule has 0 saturated heterocycles. The maximum absolute atomic E-state index is 12.3. The number of methoxy groups -OCH3 is 2. The van der Waals surface area contributed by atoms with Gasteiger partial charge in [0.2, 0.25) is 5.91 Å². The molecule has 2 aromatic carbocycles. The van der Waals surface area contributed by atoms with Crippen LogP contribution in [0.1, 0.15) is 17.0 Å². The molecular formula is C21H23N3O3S. The average Bonchev–Trinajstić information content (AvgIpc) is 3.06. The lowest BCUT2D eigenvalue weighted by molar-refractivity contribution is -0.113. The van der Waals surface area contributed by atoms with E-state index >= 15 is 0 Å². The van der Waals surface area contributed by atoms with Crippen molar-refractivity contribution in [3.05, 3.63) is 65.5 Å². The van der Waals surface area contributed by atoms with Gasteiger partial charge in [0.1, 0.15) is 11.5 Å². The van der Waals surface area contributed by atoms with E-state index in [9.17, 15) is 4.79 Å². The predicted molar refractivity (Wildman–Crippen MR) is 111 cm³/mol. The van der Waals surface area contributed by atoms with Gasteiger partial charge in [-0.1, -0.05) is 42.1 Å². The Morgan fingerprint density at radius 3 is 2.64 bits per heavy atom. The number of anilines is 1. The minimum atomic E-state index is -0.132. The van der Waals surface area contributed by atoms with Gasteiger partial charge in [0, 0.05) is 18.2 Å². The molecule has 0 bridgehead atoms. The summed E-state index contributed by atoms with van der Waals surface area (Å²) in [5.41, 5.74) is 3.82. The van der Waals surface area contributed by atoms with Crippen molar-refractivity contribution >= 4 is 23.4 Å². The number of aryl methyl sites for hydroxylation is 1. The number of carbonyl (C=O) groups is 1. The zero-order chi connectivity index (χ0) is 19.9. The number of rotatable bonds is 8. The zero-order valence-corrected chi connectivity index (χ0v) is 16.9. The van der Waals surface area contributed by atoms with Crippen LogP contribution in [0.25, 0.3) is 0 Å². The Morgan fingerprint density at radius 1 is 1.14 bits per heavy atom. The van der Waals surface area contributed by atoms with Crippen molar-refractivity contribution in [2.45, 2.75) is 18.5 Å². The third-order valence-electron chi connectivity index (χ3n) is 4.20. The minimum absolute atomic E-state index is 0.132. The molecule has 3 rings (SSSR count). The van der Waals surface area contributed by atoms with Crippen molar-refractivity contribution in [2.75, 3.05) is 25.3 Å². The molecule has 0 saturated carbocycles. The number of nitrogens with zero attached hydrogens (tertiary/aromatic N) is 1. The average molecular weight is 398 g/mol. The molecule has 0 aliphatic carbocycles. The number of imidazole rings is 1. The van der Waals surface area contributed by atoms with Crippen LogP contribution in [-0.2, 0) is 11.2 Å². The van der Waals surface area contributed by atoms with E-state index in [2.05, 4.69) is 27.4 Å². The number of carbonyl (C=O) groups excluding carboxylic acids is 1. The van der Waals surface area contributed by atoms with Gasteiger partial charge in [-0.2, -0.15) is 0 Å². The second-order valence-electron chi connectivity index (χ2n) is 6.18. The number of benzene rings is 2. The first-order chi connectivity index (χ1) is 13.6. The van der Waals surface area contributed by atoms with Crippen LogP contribution in [0.3, 0.4) is 0 Å². The smallest absolute Gasteiger partial charge is 0.234 e. The third kappa shape index (κ3) is 5.07. The van der Waals surface area contributed by atoms with Crippen molar-refractivity contribution < 1.29 is 14.3 Å². The Bertz CT molecular complexity index is 941. The van der Waals surface area contributed by atoms with Crippen molar-refractivity contribution in [1.82, 2.24) is 9.97 Å². The minimum Gasteiger partial charge on any atom is -0.497 e. The number of amides is 1. The van der Waals surface area contributed by atoms with E-state index in [0.29, 0.717) is 17.2 Å². The molecule has 7 heteroatoms. The fourth-order valence-corrected chi connectivity index (χ4v) is 3.46. The molecule has 0 spiro atoms. The van der Waals surface area contributed by atoms with Crippen LogP contribution in [0.15, 0.2) is 53.7 Å². The molecule has 0 fully saturated rings. The number of H-pyrrole nitrogens is 1. The van der Waals surface area contributed by atoms with Gasteiger partial charge in [0.25, 0.3) is 0 Å². The Balaban J connectivity index is 1.58. The number of nitrogens with one attached hydrogen (secondary N) is 2. The van der Waals surface area contributed by atoms with Crippen LogP contribution in [0, 0.1) is 6.92 Å². The fourth-order valence-electron chi connectivity index (χ4n) is 2.72. The molecule has 3 aromatic rings. The first-order valence-electron chi connectivity index (χ1n) is 8.83. The Morgan fingerprint density at radius 2 is 1.93 bits per heavy atom. The molecular weight excluding hydrogens is 374 g/mol. The largest absolute Gasteiger partial charge is 0.497 e. The van der Waals surface area contributed by atoms with E-state index < -0.39 is 0 Å².